The molecule has 1 aliphatic rings. The molecule has 0 saturated heterocycles. The fourth-order valence-corrected chi connectivity index (χ4v) is 2.59. The van der Waals surface area contributed by atoms with Gasteiger partial charge in [0, 0.05) is 18.0 Å². The maximum Gasteiger partial charge on any atom is 0.151 e. The van der Waals surface area contributed by atoms with E-state index in [0.717, 1.165) is 36.3 Å². The van der Waals surface area contributed by atoms with Crippen molar-refractivity contribution in [3.8, 4) is 11.4 Å². The van der Waals surface area contributed by atoms with Crippen molar-refractivity contribution in [3.63, 3.8) is 0 Å². The van der Waals surface area contributed by atoms with E-state index in [1.165, 1.54) is 0 Å². The molecule has 2 aromatic rings. The average molecular weight is 249 g/mol. The third kappa shape index (κ3) is 1.73. The summed E-state index contributed by atoms with van der Waals surface area (Å²) in [7, 11) is 0. The van der Waals surface area contributed by atoms with Crippen LogP contribution in [-0.4, -0.2) is 14.5 Å². The second-order valence-corrected chi connectivity index (χ2v) is 4.60. The molecule has 2 aromatic heterocycles. The first-order valence-corrected chi connectivity index (χ1v) is 6.08. The Morgan fingerprint density at radius 3 is 3.12 bits per heavy atom. The first-order chi connectivity index (χ1) is 8.27. The van der Waals surface area contributed by atoms with Crippen molar-refractivity contribution >= 4 is 11.6 Å². The van der Waals surface area contributed by atoms with E-state index in [1.54, 1.807) is 12.4 Å². The van der Waals surface area contributed by atoms with Crippen LogP contribution in [0.25, 0.3) is 11.4 Å². The number of imidazole rings is 1. The summed E-state index contributed by atoms with van der Waals surface area (Å²) in [6, 6.07) is 3.86. The van der Waals surface area contributed by atoms with Crippen molar-refractivity contribution in [1.29, 1.82) is 0 Å². The van der Waals surface area contributed by atoms with Crippen LogP contribution < -0.4 is 5.73 Å². The Morgan fingerprint density at radius 2 is 2.35 bits per heavy atom. The number of nitrogens with zero attached hydrogens (tertiary/aromatic N) is 3. The summed E-state index contributed by atoms with van der Waals surface area (Å²) in [4.78, 5) is 8.53. The molecule has 1 atom stereocenters. The fourth-order valence-electron chi connectivity index (χ4n) is 2.33. The fraction of sp³-hybridized carbons (Fsp3) is 0.333. The van der Waals surface area contributed by atoms with Gasteiger partial charge < -0.3 is 10.3 Å². The predicted molar refractivity (Wildman–Crippen MR) is 66.6 cm³/mol. The predicted octanol–water partition coefficient (Wildman–Crippen LogP) is 2.39. The van der Waals surface area contributed by atoms with Gasteiger partial charge in [-0.1, -0.05) is 11.6 Å². The van der Waals surface area contributed by atoms with Crippen molar-refractivity contribution in [2.45, 2.75) is 25.4 Å². The Balaban J connectivity index is 2.18. The van der Waals surface area contributed by atoms with E-state index < -0.39 is 0 Å². The van der Waals surface area contributed by atoms with Crippen LogP contribution in [0.3, 0.4) is 0 Å². The first-order valence-electron chi connectivity index (χ1n) is 5.70. The van der Waals surface area contributed by atoms with Crippen LogP contribution in [0.1, 0.15) is 24.7 Å². The zero-order valence-electron chi connectivity index (χ0n) is 9.31. The molecular weight excluding hydrogens is 236 g/mol. The minimum atomic E-state index is -0.0334. The maximum atomic E-state index is 6.17. The molecular formula is C12H13ClN4. The van der Waals surface area contributed by atoms with E-state index in [2.05, 4.69) is 9.97 Å². The molecule has 0 bridgehead atoms. The van der Waals surface area contributed by atoms with Crippen molar-refractivity contribution in [3.05, 3.63) is 35.4 Å². The summed E-state index contributed by atoms with van der Waals surface area (Å²) in [5.74, 6) is 0.824. The van der Waals surface area contributed by atoms with E-state index >= 15 is 0 Å². The van der Waals surface area contributed by atoms with Gasteiger partial charge in [-0.05, 0) is 31.4 Å². The summed E-state index contributed by atoms with van der Waals surface area (Å²) in [6.07, 6.45) is 6.47. The number of hydrogen-bond donors (Lipinski definition) is 1. The number of fused-ring (bicyclic) bond motifs is 1. The van der Waals surface area contributed by atoms with Gasteiger partial charge in [-0.15, -0.1) is 0 Å². The van der Waals surface area contributed by atoms with Gasteiger partial charge >= 0.3 is 0 Å². The molecule has 5 heteroatoms. The molecule has 17 heavy (non-hydrogen) atoms. The maximum absolute atomic E-state index is 6.17. The third-order valence-corrected chi connectivity index (χ3v) is 3.43. The number of rotatable bonds is 1. The monoisotopic (exact) mass is 248 g/mol. The van der Waals surface area contributed by atoms with Gasteiger partial charge in [0.05, 0.1) is 11.9 Å². The average Bonchev–Trinajstić information content (AvgIpc) is 2.70. The van der Waals surface area contributed by atoms with E-state index in [9.17, 15) is 0 Å². The first kappa shape index (κ1) is 10.7. The van der Waals surface area contributed by atoms with Gasteiger partial charge in [0.2, 0.25) is 0 Å². The van der Waals surface area contributed by atoms with E-state index in [4.69, 9.17) is 17.3 Å². The van der Waals surface area contributed by atoms with Crippen LogP contribution >= 0.6 is 11.6 Å². The minimum absolute atomic E-state index is 0.0334. The van der Waals surface area contributed by atoms with Crippen molar-refractivity contribution < 1.29 is 0 Å². The molecule has 1 unspecified atom stereocenters. The minimum Gasteiger partial charge on any atom is -0.311 e. The third-order valence-electron chi connectivity index (χ3n) is 3.13. The zero-order valence-corrected chi connectivity index (χ0v) is 10.1. The summed E-state index contributed by atoms with van der Waals surface area (Å²) >= 11 is 6.17. The standard InChI is InChI=1S/C12H13ClN4/c13-11-9-4-1-5-10(14)17(9)12(16-11)8-3-2-6-15-7-8/h2-3,6-7,10H,1,4-5,14H2. The Bertz CT molecular complexity index is 535. The van der Waals surface area contributed by atoms with E-state index in [1.807, 2.05) is 16.7 Å². The second kappa shape index (κ2) is 4.13. The number of halogens is 1. The molecule has 0 amide bonds. The number of hydrogen-bond acceptors (Lipinski definition) is 3. The highest BCUT2D eigenvalue weighted by Gasteiger charge is 2.24. The lowest BCUT2D eigenvalue weighted by molar-refractivity contribution is 0.418. The summed E-state index contributed by atoms with van der Waals surface area (Å²) in [5.41, 5.74) is 8.14. The van der Waals surface area contributed by atoms with Crippen molar-refractivity contribution in [1.82, 2.24) is 14.5 Å². The van der Waals surface area contributed by atoms with Gasteiger partial charge in [-0.3, -0.25) is 4.98 Å². The molecule has 1 aliphatic heterocycles. The van der Waals surface area contributed by atoms with Gasteiger partial charge in [-0.2, -0.15) is 0 Å². The molecule has 0 aliphatic carbocycles. The smallest absolute Gasteiger partial charge is 0.151 e. The molecule has 4 nitrogen and oxygen atoms in total. The lowest BCUT2D eigenvalue weighted by Crippen LogP contribution is -2.25. The highest BCUT2D eigenvalue weighted by atomic mass is 35.5. The van der Waals surface area contributed by atoms with E-state index in [-0.39, 0.29) is 6.17 Å². The van der Waals surface area contributed by atoms with Crippen LogP contribution in [0.5, 0.6) is 0 Å². The molecule has 3 rings (SSSR count). The van der Waals surface area contributed by atoms with Crippen molar-refractivity contribution in [2.75, 3.05) is 0 Å². The molecule has 0 spiro atoms. The molecule has 88 valence electrons. The molecule has 0 radical (unpaired) electrons. The van der Waals surface area contributed by atoms with Gasteiger partial charge in [0.15, 0.2) is 5.15 Å². The SMILES string of the molecule is NC1CCCc2c(Cl)nc(-c3cccnc3)n21. The van der Waals surface area contributed by atoms with Crippen molar-refractivity contribution in [2.24, 2.45) is 5.73 Å². The second-order valence-electron chi connectivity index (χ2n) is 4.24. The van der Waals surface area contributed by atoms with Crippen LogP contribution in [0, 0.1) is 0 Å². The van der Waals surface area contributed by atoms with Gasteiger partial charge in [-0.25, -0.2) is 4.98 Å². The molecule has 0 saturated carbocycles. The molecule has 2 N–H and O–H groups in total. The normalized spacial score (nSPS) is 19.1. The zero-order chi connectivity index (χ0) is 11.8. The molecule has 0 aromatic carbocycles. The molecule has 3 heterocycles. The van der Waals surface area contributed by atoms with Gasteiger partial charge in [0.25, 0.3) is 0 Å². The van der Waals surface area contributed by atoms with Crippen LogP contribution in [0.4, 0.5) is 0 Å². The summed E-state index contributed by atoms with van der Waals surface area (Å²) in [5, 5.41) is 0.569. The highest BCUT2D eigenvalue weighted by molar-refractivity contribution is 6.30. The van der Waals surface area contributed by atoms with Crippen LogP contribution in [-0.2, 0) is 6.42 Å². The number of aromatic nitrogens is 3. The quantitative estimate of drug-likeness (QED) is 0.843. The topological polar surface area (TPSA) is 56.7 Å². The number of pyridine rings is 1. The highest BCUT2D eigenvalue weighted by Crippen LogP contribution is 2.32. The van der Waals surface area contributed by atoms with Gasteiger partial charge in [0.1, 0.15) is 5.82 Å². The summed E-state index contributed by atoms with van der Waals surface area (Å²) < 4.78 is 2.04. The summed E-state index contributed by atoms with van der Waals surface area (Å²) in [6.45, 7) is 0. The number of nitrogens with two attached hydrogens (primary N) is 1. The lowest BCUT2D eigenvalue weighted by Gasteiger charge is -2.23. The lowest BCUT2D eigenvalue weighted by atomic mass is 10.1. The molecule has 0 fully saturated rings. The Labute approximate surface area is 104 Å². The van der Waals surface area contributed by atoms with Crippen LogP contribution in [0.15, 0.2) is 24.5 Å². The Morgan fingerprint density at radius 1 is 1.47 bits per heavy atom. The Kier molecular flexibility index (Phi) is 2.61. The Hall–Kier alpha value is -1.39. The van der Waals surface area contributed by atoms with Crippen LogP contribution in [0.2, 0.25) is 5.15 Å². The largest absolute Gasteiger partial charge is 0.311 e. The van der Waals surface area contributed by atoms with E-state index in [0.29, 0.717) is 5.15 Å².